The zero-order valence-corrected chi connectivity index (χ0v) is 18.3. The van der Waals surface area contributed by atoms with E-state index in [2.05, 4.69) is 25.3 Å². The Kier molecular flexibility index (Phi) is 4.24. The number of benzene rings is 1. The minimum atomic E-state index is -1.62. The van der Waals surface area contributed by atoms with Gasteiger partial charge in [-0.1, -0.05) is 5.16 Å². The summed E-state index contributed by atoms with van der Waals surface area (Å²) in [7, 11) is 0. The molecule has 5 aromatic rings. The first-order valence-electron chi connectivity index (χ1n) is 10.4. The Morgan fingerprint density at radius 1 is 1.22 bits per heavy atom. The number of aromatic nitrogens is 6. The topological polar surface area (TPSA) is 114 Å². The molecular formula is C23H20N6O2S. The van der Waals surface area contributed by atoms with Crippen LogP contribution >= 0.6 is 11.3 Å². The summed E-state index contributed by atoms with van der Waals surface area (Å²) in [4.78, 5) is 12.9. The quantitative estimate of drug-likeness (QED) is 0.417. The third-order valence-electron chi connectivity index (χ3n) is 5.97. The molecule has 0 bridgehead atoms. The molecule has 1 unspecified atom stereocenters. The van der Waals surface area contributed by atoms with Crippen molar-refractivity contribution in [3.05, 3.63) is 75.6 Å². The summed E-state index contributed by atoms with van der Waals surface area (Å²) in [6, 6.07) is 7.51. The average Bonchev–Trinajstić information content (AvgIpc) is 3.19. The van der Waals surface area contributed by atoms with Gasteiger partial charge in [-0.25, -0.2) is 9.97 Å². The molecular weight excluding hydrogens is 424 g/mol. The summed E-state index contributed by atoms with van der Waals surface area (Å²) in [5, 5.41) is 27.0. The van der Waals surface area contributed by atoms with Crippen LogP contribution in [0.3, 0.4) is 0 Å². The van der Waals surface area contributed by atoms with Crippen molar-refractivity contribution in [3.8, 4) is 11.1 Å². The first-order valence-corrected chi connectivity index (χ1v) is 11.3. The molecule has 0 spiro atoms. The minimum absolute atomic E-state index is 0.392. The molecule has 0 saturated heterocycles. The summed E-state index contributed by atoms with van der Waals surface area (Å²) < 4.78 is 5.43. The van der Waals surface area contributed by atoms with Crippen LogP contribution in [0.5, 0.6) is 0 Å². The molecule has 4 heterocycles. The van der Waals surface area contributed by atoms with Crippen LogP contribution in [-0.2, 0) is 5.60 Å². The van der Waals surface area contributed by atoms with E-state index in [9.17, 15) is 5.11 Å². The number of nitrogens with zero attached hydrogens (tertiary/aromatic N) is 5. The molecule has 8 nitrogen and oxygen atoms in total. The zero-order chi connectivity index (χ0) is 21.9. The van der Waals surface area contributed by atoms with Gasteiger partial charge in [-0.2, -0.15) is 10.2 Å². The molecule has 0 radical (unpaired) electrons. The molecule has 1 aromatic carbocycles. The van der Waals surface area contributed by atoms with Crippen LogP contribution in [-0.4, -0.2) is 35.4 Å². The van der Waals surface area contributed by atoms with Crippen molar-refractivity contribution in [3.63, 3.8) is 0 Å². The maximum Gasteiger partial charge on any atom is 0.187 e. The molecule has 0 aliphatic heterocycles. The largest absolute Gasteiger partial charge is 0.372 e. The number of rotatable bonds is 5. The molecule has 1 fully saturated rings. The molecule has 160 valence electrons. The van der Waals surface area contributed by atoms with Gasteiger partial charge in [0.2, 0.25) is 0 Å². The second kappa shape index (κ2) is 7.04. The van der Waals surface area contributed by atoms with E-state index in [1.807, 2.05) is 31.4 Å². The number of thiazole rings is 1. The van der Waals surface area contributed by atoms with Gasteiger partial charge in [0.05, 0.1) is 16.7 Å². The van der Waals surface area contributed by atoms with Gasteiger partial charge in [-0.15, -0.1) is 11.3 Å². The van der Waals surface area contributed by atoms with Crippen molar-refractivity contribution in [2.75, 3.05) is 0 Å². The number of hydrogen-bond donors (Lipinski definition) is 2. The van der Waals surface area contributed by atoms with Crippen molar-refractivity contribution in [2.45, 2.75) is 38.2 Å². The molecule has 2 N–H and O–H groups in total. The lowest BCUT2D eigenvalue weighted by atomic mass is 9.87. The fourth-order valence-electron chi connectivity index (χ4n) is 4.26. The standard InChI is InChI=1S/C23H20N6O2S/c1-12-19(13(2)31-29-12)15-10-16(20-17(11-15)26-21(27-20)14-5-6-14)23(30,22-24-8-9-32-22)18-4-3-7-25-28-18/h3-4,7-11,14,30H,5-6H2,1-2H3,(H,26,27). The van der Waals surface area contributed by atoms with Gasteiger partial charge < -0.3 is 14.6 Å². The van der Waals surface area contributed by atoms with Gasteiger partial charge in [0.15, 0.2) is 5.60 Å². The highest BCUT2D eigenvalue weighted by atomic mass is 32.1. The normalized spacial score (nSPS) is 15.8. The van der Waals surface area contributed by atoms with Gasteiger partial charge in [-0.3, -0.25) is 0 Å². The Morgan fingerprint density at radius 2 is 2.09 bits per heavy atom. The molecule has 1 aliphatic rings. The molecule has 1 aliphatic carbocycles. The molecule has 1 saturated carbocycles. The van der Waals surface area contributed by atoms with E-state index in [0.717, 1.165) is 41.0 Å². The molecule has 6 rings (SSSR count). The number of imidazole rings is 1. The van der Waals surface area contributed by atoms with Crippen LogP contribution < -0.4 is 0 Å². The number of H-pyrrole nitrogens is 1. The summed E-state index contributed by atoms with van der Waals surface area (Å²) in [5.41, 5.74) is 3.49. The molecule has 9 heteroatoms. The smallest absolute Gasteiger partial charge is 0.187 e. The number of aromatic amines is 1. The molecule has 4 aromatic heterocycles. The van der Waals surface area contributed by atoms with Gasteiger partial charge in [-0.05, 0) is 56.5 Å². The summed E-state index contributed by atoms with van der Waals surface area (Å²) >= 11 is 1.37. The van der Waals surface area contributed by atoms with Crippen molar-refractivity contribution in [1.29, 1.82) is 0 Å². The van der Waals surface area contributed by atoms with Gasteiger partial charge in [0, 0.05) is 34.8 Å². The fraction of sp³-hybridized carbons (Fsp3) is 0.261. The zero-order valence-electron chi connectivity index (χ0n) is 17.5. The molecule has 32 heavy (non-hydrogen) atoms. The maximum atomic E-state index is 12.3. The number of hydrogen-bond acceptors (Lipinski definition) is 8. The van der Waals surface area contributed by atoms with Crippen molar-refractivity contribution < 1.29 is 9.63 Å². The summed E-state index contributed by atoms with van der Waals surface area (Å²) in [6.45, 7) is 3.80. The van der Waals surface area contributed by atoms with Crippen molar-refractivity contribution >= 4 is 22.4 Å². The second-order valence-electron chi connectivity index (χ2n) is 8.17. The van der Waals surface area contributed by atoms with Crippen LogP contribution in [0.4, 0.5) is 0 Å². The number of aliphatic hydroxyl groups is 1. The highest BCUT2D eigenvalue weighted by Gasteiger charge is 2.41. The average molecular weight is 445 g/mol. The predicted octanol–water partition coefficient (Wildman–Crippen LogP) is 4.24. The van der Waals surface area contributed by atoms with Crippen LogP contribution in [0, 0.1) is 13.8 Å². The van der Waals surface area contributed by atoms with Crippen LogP contribution in [0.15, 0.2) is 46.6 Å². The molecule has 0 amide bonds. The van der Waals surface area contributed by atoms with Crippen molar-refractivity contribution in [1.82, 2.24) is 30.3 Å². The highest BCUT2D eigenvalue weighted by molar-refractivity contribution is 7.09. The van der Waals surface area contributed by atoms with Gasteiger partial charge >= 0.3 is 0 Å². The lowest BCUT2D eigenvalue weighted by molar-refractivity contribution is 0.121. The Balaban J connectivity index is 1.69. The Bertz CT molecular complexity index is 1400. The van der Waals surface area contributed by atoms with E-state index in [1.165, 1.54) is 11.3 Å². The van der Waals surface area contributed by atoms with E-state index in [0.29, 0.717) is 33.5 Å². The third kappa shape index (κ3) is 2.89. The summed E-state index contributed by atoms with van der Waals surface area (Å²) in [6.07, 6.45) is 5.50. The highest BCUT2D eigenvalue weighted by Crippen LogP contribution is 2.44. The summed E-state index contributed by atoms with van der Waals surface area (Å²) in [5.74, 6) is 2.09. The Labute approximate surface area is 187 Å². The van der Waals surface area contributed by atoms with Crippen LogP contribution in [0.2, 0.25) is 0 Å². The van der Waals surface area contributed by atoms with E-state index in [4.69, 9.17) is 9.51 Å². The lowest BCUT2D eigenvalue weighted by Crippen LogP contribution is -2.30. The number of fused-ring (bicyclic) bond motifs is 1. The number of aryl methyl sites for hydroxylation is 2. The van der Waals surface area contributed by atoms with E-state index < -0.39 is 5.60 Å². The van der Waals surface area contributed by atoms with E-state index in [1.54, 1.807) is 24.5 Å². The Morgan fingerprint density at radius 3 is 2.75 bits per heavy atom. The SMILES string of the molecule is Cc1noc(C)c1-c1cc(C(O)(c2cccnn2)c2nccs2)c2nc(C3CC3)[nH]c2c1. The third-order valence-corrected chi connectivity index (χ3v) is 6.85. The van der Waals surface area contributed by atoms with Crippen molar-refractivity contribution in [2.24, 2.45) is 0 Å². The van der Waals surface area contributed by atoms with E-state index >= 15 is 0 Å². The monoisotopic (exact) mass is 444 g/mol. The van der Waals surface area contributed by atoms with Gasteiger partial charge in [0.1, 0.15) is 22.3 Å². The number of nitrogens with one attached hydrogen (secondary N) is 1. The maximum absolute atomic E-state index is 12.3. The fourth-order valence-corrected chi connectivity index (χ4v) is 5.02. The Hall–Kier alpha value is -3.43. The van der Waals surface area contributed by atoms with E-state index in [-0.39, 0.29) is 0 Å². The van der Waals surface area contributed by atoms with Gasteiger partial charge in [0.25, 0.3) is 0 Å². The van der Waals surface area contributed by atoms with Crippen LogP contribution in [0.25, 0.3) is 22.2 Å². The van der Waals surface area contributed by atoms with Crippen LogP contribution in [0.1, 0.15) is 52.3 Å². The molecule has 1 atom stereocenters. The lowest BCUT2D eigenvalue weighted by Gasteiger charge is -2.26. The minimum Gasteiger partial charge on any atom is -0.372 e. The predicted molar refractivity (Wildman–Crippen MR) is 119 cm³/mol. The first kappa shape index (κ1) is 19.3. The first-order chi connectivity index (χ1) is 15.6. The second-order valence-corrected chi connectivity index (χ2v) is 9.07.